The van der Waals surface area contributed by atoms with Crippen molar-refractivity contribution in [2.45, 2.75) is 62.3 Å². The summed E-state index contributed by atoms with van der Waals surface area (Å²) in [5.74, 6) is 0.858. The van der Waals surface area contributed by atoms with Gasteiger partial charge in [0.15, 0.2) is 5.82 Å². The largest absolute Gasteiger partial charge is 0.507 e. The minimum atomic E-state index is -1.35. The number of ether oxygens (including phenoxy) is 1. The number of nitrogens with one attached hydrogen (secondary N) is 1. The third-order valence-corrected chi connectivity index (χ3v) is 13.0. The summed E-state index contributed by atoms with van der Waals surface area (Å²) in [4.78, 5) is 26.6. The predicted molar refractivity (Wildman–Crippen MR) is 231 cm³/mol. The summed E-state index contributed by atoms with van der Waals surface area (Å²) in [5.41, 5.74) is 11.4. The van der Waals surface area contributed by atoms with Crippen LogP contribution in [0.3, 0.4) is 0 Å². The molecular weight excluding hydrogens is 760 g/mol. The van der Waals surface area contributed by atoms with Gasteiger partial charge in [0.25, 0.3) is 5.91 Å². The fourth-order valence-corrected chi connectivity index (χ4v) is 9.39. The first-order valence-electron chi connectivity index (χ1n) is 22.4. The molecule has 13 nitrogen and oxygen atoms in total. The van der Waals surface area contributed by atoms with Gasteiger partial charge in [-0.1, -0.05) is 30.3 Å². The van der Waals surface area contributed by atoms with Crippen LogP contribution in [0, 0.1) is 0 Å². The Kier molecular flexibility index (Phi) is 9.76. The number of morpholine rings is 1. The lowest BCUT2D eigenvalue weighted by atomic mass is 9.91. The Bertz CT molecular complexity index is 2470. The molecule has 1 amide bonds. The Balaban J connectivity index is 0.728. The number of rotatable bonds is 9. The Morgan fingerprint density at radius 2 is 1.82 bits per heavy atom. The molecule has 5 aliphatic rings. The zero-order valence-electron chi connectivity index (χ0n) is 35.7. The number of fused-ring (bicyclic) bond motifs is 1. The number of phenolic OH excluding ortho intramolecular Hbond substituents is 1. The molecule has 1 saturated carbocycles. The summed E-state index contributed by atoms with van der Waals surface area (Å²) in [7, 11) is 0. The SMILES string of the molecule is [2H]C1C=CN(c2cnc3c(c2)c(C2CC2)cn3C2CCN(CC3(F)CCN(C(=O)c4ccc(C5CN(c6cc(-c7ccccc7O)nnc6N)CCO5)cc4)CC3)CC2)C([2H])N1. The fourth-order valence-electron chi connectivity index (χ4n) is 9.39. The van der Waals surface area contributed by atoms with E-state index in [2.05, 4.69) is 42.1 Å². The number of carbonyl (C=O) groups is 1. The number of para-hydroxylation sites is 1. The molecule has 1 aliphatic carbocycles. The molecule has 14 heteroatoms. The number of nitrogens with two attached hydrogens (primary N) is 1. The van der Waals surface area contributed by atoms with Crippen LogP contribution in [-0.4, -0.2) is 112 Å². The molecule has 10 rings (SSSR count). The van der Waals surface area contributed by atoms with Gasteiger partial charge in [-0.05, 0) is 79.1 Å². The molecule has 0 bridgehead atoms. The van der Waals surface area contributed by atoms with Crippen LogP contribution in [0.4, 0.5) is 21.6 Å². The average molecular weight is 815 g/mol. The van der Waals surface area contributed by atoms with Crippen molar-refractivity contribution in [3.8, 4) is 17.0 Å². The molecule has 4 aliphatic heterocycles. The number of halogens is 1. The summed E-state index contributed by atoms with van der Waals surface area (Å²) < 4.78 is 41.3. The van der Waals surface area contributed by atoms with Crippen molar-refractivity contribution in [3.63, 3.8) is 0 Å². The third kappa shape index (κ3) is 7.79. The average Bonchev–Trinajstić information content (AvgIpc) is 4.07. The number of phenols is 1. The number of pyridine rings is 1. The summed E-state index contributed by atoms with van der Waals surface area (Å²) in [6, 6.07) is 18.8. The van der Waals surface area contributed by atoms with Gasteiger partial charge < -0.3 is 39.7 Å². The van der Waals surface area contributed by atoms with Crippen molar-refractivity contribution in [2.24, 2.45) is 0 Å². The number of likely N-dealkylation sites (tertiary alicyclic amines) is 2. The highest BCUT2D eigenvalue weighted by atomic mass is 19.1. The highest BCUT2D eigenvalue weighted by molar-refractivity contribution is 5.94. The lowest BCUT2D eigenvalue weighted by Crippen LogP contribution is -2.51. The van der Waals surface area contributed by atoms with Crippen LogP contribution in [0.2, 0.25) is 0 Å². The molecule has 4 N–H and O–H groups in total. The van der Waals surface area contributed by atoms with Gasteiger partial charge in [-0.2, -0.15) is 0 Å². The van der Waals surface area contributed by atoms with Crippen LogP contribution in [0.1, 0.15) is 80.8 Å². The quantitative estimate of drug-likeness (QED) is 0.152. The van der Waals surface area contributed by atoms with Crippen LogP contribution in [0.5, 0.6) is 5.75 Å². The number of alkyl halides is 1. The Morgan fingerprint density at radius 1 is 1.02 bits per heavy atom. The molecule has 3 aromatic heterocycles. The second-order valence-corrected chi connectivity index (χ2v) is 16.9. The number of anilines is 3. The van der Waals surface area contributed by atoms with Gasteiger partial charge in [-0.25, -0.2) is 9.37 Å². The maximum Gasteiger partial charge on any atom is 0.253 e. The maximum absolute atomic E-state index is 16.5. The van der Waals surface area contributed by atoms with E-state index in [0.29, 0.717) is 80.7 Å². The number of nitrogens with zero attached hydrogens (tertiary/aromatic N) is 8. The normalized spacial score (nSPS) is 24.4. The number of hydrogen-bond acceptors (Lipinski definition) is 11. The van der Waals surface area contributed by atoms with Crippen molar-refractivity contribution < 1.29 is 21.8 Å². The van der Waals surface area contributed by atoms with Crippen LogP contribution in [-0.2, 0) is 4.74 Å². The number of carbonyl (C=O) groups excluding carboxylic acids is 1. The number of hydrogen-bond donors (Lipinski definition) is 3. The number of nitrogen functional groups attached to an aromatic ring is 1. The summed E-state index contributed by atoms with van der Waals surface area (Å²) in [5, 5.41) is 22.8. The minimum absolute atomic E-state index is 0.0896. The number of aromatic nitrogens is 4. The van der Waals surface area contributed by atoms with Crippen LogP contribution >= 0.6 is 0 Å². The topological polar surface area (TPSA) is 141 Å². The van der Waals surface area contributed by atoms with E-state index >= 15 is 4.39 Å². The van der Waals surface area contributed by atoms with Gasteiger partial charge in [0, 0.05) is 101 Å². The van der Waals surface area contributed by atoms with Crippen LogP contribution in [0.25, 0.3) is 22.3 Å². The van der Waals surface area contributed by atoms with Crippen molar-refractivity contribution in [1.82, 2.24) is 34.9 Å². The molecule has 3 unspecified atom stereocenters. The first kappa shape index (κ1) is 36.3. The van der Waals surface area contributed by atoms with Crippen molar-refractivity contribution in [1.29, 1.82) is 0 Å². The van der Waals surface area contributed by atoms with E-state index in [4.69, 9.17) is 18.2 Å². The number of aromatic hydroxyl groups is 1. The molecule has 3 atom stereocenters. The summed E-state index contributed by atoms with van der Waals surface area (Å²) >= 11 is 0. The van der Waals surface area contributed by atoms with Gasteiger partial charge in [-0.15, -0.1) is 10.2 Å². The van der Waals surface area contributed by atoms with Crippen LogP contribution < -0.4 is 20.9 Å². The first-order chi connectivity index (χ1) is 30.1. The third-order valence-electron chi connectivity index (χ3n) is 13.0. The monoisotopic (exact) mass is 814 g/mol. The molecule has 2 aromatic carbocycles. The maximum atomic E-state index is 16.5. The Labute approximate surface area is 352 Å². The molecule has 0 spiro atoms. The van der Waals surface area contributed by atoms with E-state index in [1.54, 1.807) is 35.4 Å². The van der Waals surface area contributed by atoms with E-state index in [9.17, 15) is 9.90 Å². The lowest BCUT2D eigenvalue weighted by molar-refractivity contribution is 0.0158. The molecule has 7 heterocycles. The molecule has 0 radical (unpaired) electrons. The number of amides is 1. The van der Waals surface area contributed by atoms with Gasteiger partial charge in [0.2, 0.25) is 0 Å². The smallest absolute Gasteiger partial charge is 0.253 e. The fraction of sp³-hybridized carbons (Fsp3) is 0.435. The molecule has 5 aromatic rings. The van der Waals surface area contributed by atoms with E-state index < -0.39 is 18.8 Å². The molecular formula is C46H53FN10O3. The molecule has 4 fully saturated rings. The standard InChI is InChI=1S/C46H53FN10O3/c47-46(29-53-18-12-34(13-19-53)57-27-38(31-6-7-31)37-24-35(26-50-44(37)57)56-17-3-16-49-30-56)14-20-54(21-15-46)45(59)33-10-8-32(9-11-33)42-28-55(22-23-60-42)40-25-39(51-52-43(40)48)36-4-1-2-5-41(36)58/h1-5,8-11,17,24-27,31,34,42,49,58H,6-7,12-16,18-23,28-30H2,(H2,48,52)/i16D,30D. The second-order valence-electron chi connectivity index (χ2n) is 16.9. The minimum Gasteiger partial charge on any atom is -0.507 e. The summed E-state index contributed by atoms with van der Waals surface area (Å²) in [6.45, 7) is 2.99. The van der Waals surface area contributed by atoms with Gasteiger partial charge in [0.1, 0.15) is 23.2 Å². The lowest BCUT2D eigenvalue weighted by Gasteiger charge is -2.41. The highest BCUT2D eigenvalue weighted by Crippen LogP contribution is 2.45. The van der Waals surface area contributed by atoms with Crippen molar-refractivity contribution >= 4 is 34.1 Å². The Morgan fingerprint density at radius 3 is 2.58 bits per heavy atom. The van der Waals surface area contributed by atoms with E-state index in [1.807, 2.05) is 47.5 Å². The van der Waals surface area contributed by atoms with Gasteiger partial charge >= 0.3 is 0 Å². The highest BCUT2D eigenvalue weighted by Gasteiger charge is 2.39. The van der Waals surface area contributed by atoms with E-state index in [1.165, 1.54) is 18.4 Å². The van der Waals surface area contributed by atoms with E-state index in [-0.39, 0.29) is 23.8 Å². The first-order valence-corrected chi connectivity index (χ1v) is 21.3. The van der Waals surface area contributed by atoms with Crippen molar-refractivity contribution in [3.05, 3.63) is 102 Å². The Hall–Kier alpha value is -5.57. The zero-order chi connectivity index (χ0) is 42.5. The number of piperidine rings is 2. The summed E-state index contributed by atoms with van der Waals surface area (Å²) in [6.07, 6.45) is 12.2. The molecule has 3 saturated heterocycles. The van der Waals surface area contributed by atoms with Crippen molar-refractivity contribution in [2.75, 3.05) is 81.1 Å². The predicted octanol–water partition coefficient (Wildman–Crippen LogP) is 6.40. The molecule has 60 heavy (non-hydrogen) atoms. The van der Waals surface area contributed by atoms with Gasteiger partial charge in [0.05, 0.1) is 37.9 Å². The number of benzene rings is 2. The van der Waals surface area contributed by atoms with E-state index in [0.717, 1.165) is 53.9 Å². The van der Waals surface area contributed by atoms with Crippen LogP contribution in [0.15, 0.2) is 85.3 Å². The van der Waals surface area contributed by atoms with Gasteiger partial charge in [-0.3, -0.25) is 10.1 Å². The molecule has 312 valence electrons. The zero-order valence-corrected chi connectivity index (χ0v) is 33.7. The second kappa shape index (κ2) is 16.1.